The summed E-state index contributed by atoms with van der Waals surface area (Å²) in [6.07, 6.45) is 12.2. The highest BCUT2D eigenvalue weighted by atomic mass is 79.9. The molecule has 102 valence electrons. The predicted octanol–water partition coefficient (Wildman–Crippen LogP) is 6.40. The van der Waals surface area contributed by atoms with Crippen LogP contribution in [-0.4, -0.2) is 5.33 Å². The standard InChI is InChI=1S/C16H24BrCl/c17-14-8-6-4-2-1-3-5-7-9-15-10-12-16(18)13-11-15/h10-13H,1-9,14H2. The van der Waals surface area contributed by atoms with Crippen LogP contribution in [0.3, 0.4) is 0 Å². The summed E-state index contributed by atoms with van der Waals surface area (Å²) in [5.74, 6) is 0. The van der Waals surface area contributed by atoms with Crippen LogP contribution in [-0.2, 0) is 6.42 Å². The molecule has 2 heteroatoms. The van der Waals surface area contributed by atoms with Gasteiger partial charge in [-0.3, -0.25) is 0 Å². The summed E-state index contributed by atoms with van der Waals surface area (Å²) in [7, 11) is 0. The van der Waals surface area contributed by atoms with Gasteiger partial charge in [0.1, 0.15) is 0 Å². The van der Waals surface area contributed by atoms with E-state index in [1.807, 2.05) is 12.1 Å². The Labute approximate surface area is 125 Å². The van der Waals surface area contributed by atoms with Crippen LogP contribution >= 0.6 is 27.5 Å². The van der Waals surface area contributed by atoms with Crippen LogP contribution in [0, 0.1) is 0 Å². The van der Waals surface area contributed by atoms with Gasteiger partial charge in [0.2, 0.25) is 0 Å². The molecule has 1 aromatic rings. The molecule has 0 atom stereocenters. The van der Waals surface area contributed by atoms with Gasteiger partial charge in [0.05, 0.1) is 0 Å². The molecule has 0 aromatic heterocycles. The first kappa shape index (κ1) is 16.0. The molecule has 0 aliphatic carbocycles. The van der Waals surface area contributed by atoms with Gasteiger partial charge < -0.3 is 0 Å². The minimum atomic E-state index is 0.835. The van der Waals surface area contributed by atoms with E-state index in [1.54, 1.807) is 0 Å². The Bertz CT molecular complexity index is 294. The van der Waals surface area contributed by atoms with E-state index in [4.69, 9.17) is 11.6 Å². The molecule has 0 heterocycles. The van der Waals surface area contributed by atoms with Crippen molar-refractivity contribution in [3.05, 3.63) is 34.9 Å². The van der Waals surface area contributed by atoms with Crippen molar-refractivity contribution in [1.82, 2.24) is 0 Å². The molecule has 0 N–H and O–H groups in total. The third-order valence-electron chi connectivity index (χ3n) is 3.26. The molecule has 0 spiro atoms. The maximum atomic E-state index is 5.86. The molecule has 0 bridgehead atoms. The highest BCUT2D eigenvalue weighted by Gasteiger charge is 1.95. The second-order valence-corrected chi connectivity index (χ2v) is 6.12. The largest absolute Gasteiger partial charge is 0.0928 e. The number of rotatable bonds is 10. The van der Waals surface area contributed by atoms with Crippen molar-refractivity contribution < 1.29 is 0 Å². The number of halogens is 2. The van der Waals surface area contributed by atoms with Gasteiger partial charge in [-0.15, -0.1) is 0 Å². The number of hydrogen-bond donors (Lipinski definition) is 0. The van der Waals surface area contributed by atoms with Gasteiger partial charge >= 0.3 is 0 Å². The van der Waals surface area contributed by atoms with Gasteiger partial charge in [0, 0.05) is 10.4 Å². The lowest BCUT2D eigenvalue weighted by atomic mass is 10.0. The lowest BCUT2D eigenvalue weighted by Gasteiger charge is -2.03. The molecular formula is C16H24BrCl. The van der Waals surface area contributed by atoms with Crippen LogP contribution in [0.2, 0.25) is 5.02 Å². The zero-order valence-corrected chi connectivity index (χ0v) is 13.5. The first-order valence-corrected chi connectivity index (χ1v) is 8.63. The third-order valence-corrected chi connectivity index (χ3v) is 4.08. The van der Waals surface area contributed by atoms with E-state index in [0.29, 0.717) is 0 Å². The van der Waals surface area contributed by atoms with Crippen LogP contribution < -0.4 is 0 Å². The van der Waals surface area contributed by atoms with E-state index in [9.17, 15) is 0 Å². The molecule has 0 fully saturated rings. The average molecular weight is 332 g/mol. The number of unbranched alkanes of at least 4 members (excludes halogenated alkanes) is 7. The van der Waals surface area contributed by atoms with Gasteiger partial charge in [-0.2, -0.15) is 0 Å². The minimum absolute atomic E-state index is 0.835. The minimum Gasteiger partial charge on any atom is -0.0928 e. The molecule has 1 rings (SSSR count). The lowest BCUT2D eigenvalue weighted by molar-refractivity contribution is 0.577. The van der Waals surface area contributed by atoms with Crippen molar-refractivity contribution in [3.63, 3.8) is 0 Å². The number of aryl methyl sites for hydroxylation is 1. The second kappa shape index (κ2) is 10.9. The van der Waals surface area contributed by atoms with Crippen molar-refractivity contribution in [2.24, 2.45) is 0 Å². The van der Waals surface area contributed by atoms with E-state index in [1.165, 1.54) is 63.4 Å². The maximum Gasteiger partial charge on any atom is 0.0406 e. The van der Waals surface area contributed by atoms with Crippen LogP contribution in [0.15, 0.2) is 24.3 Å². The Balaban J connectivity index is 1.91. The molecular weight excluding hydrogens is 308 g/mol. The number of hydrogen-bond acceptors (Lipinski definition) is 0. The second-order valence-electron chi connectivity index (χ2n) is 4.89. The number of benzene rings is 1. The van der Waals surface area contributed by atoms with E-state index in [0.717, 1.165) is 10.4 Å². The Morgan fingerprint density at radius 2 is 1.22 bits per heavy atom. The van der Waals surface area contributed by atoms with Crippen molar-refractivity contribution in [2.45, 2.75) is 57.8 Å². The van der Waals surface area contributed by atoms with Crippen molar-refractivity contribution in [1.29, 1.82) is 0 Å². The third kappa shape index (κ3) is 8.16. The fourth-order valence-electron chi connectivity index (χ4n) is 2.14. The first-order valence-electron chi connectivity index (χ1n) is 7.13. The summed E-state index contributed by atoms with van der Waals surface area (Å²) in [5.41, 5.74) is 1.41. The van der Waals surface area contributed by atoms with Crippen LogP contribution in [0.4, 0.5) is 0 Å². The van der Waals surface area contributed by atoms with E-state index < -0.39 is 0 Å². The van der Waals surface area contributed by atoms with Crippen LogP contribution in [0.1, 0.15) is 56.9 Å². The summed E-state index contributed by atoms with van der Waals surface area (Å²) in [4.78, 5) is 0. The van der Waals surface area contributed by atoms with E-state index >= 15 is 0 Å². The summed E-state index contributed by atoms with van der Waals surface area (Å²) < 4.78 is 0. The SMILES string of the molecule is Clc1ccc(CCCCCCCCCCBr)cc1. The first-order chi connectivity index (χ1) is 8.83. The molecule has 0 saturated carbocycles. The summed E-state index contributed by atoms with van der Waals surface area (Å²) in [5, 5.41) is 2.00. The lowest BCUT2D eigenvalue weighted by Crippen LogP contribution is -1.86. The molecule has 18 heavy (non-hydrogen) atoms. The summed E-state index contributed by atoms with van der Waals surface area (Å²) in [6.45, 7) is 0. The fraction of sp³-hybridized carbons (Fsp3) is 0.625. The molecule has 0 saturated heterocycles. The average Bonchev–Trinajstić information content (AvgIpc) is 2.39. The van der Waals surface area contributed by atoms with E-state index in [-0.39, 0.29) is 0 Å². The molecule has 0 amide bonds. The highest BCUT2D eigenvalue weighted by molar-refractivity contribution is 9.09. The fourth-order valence-corrected chi connectivity index (χ4v) is 2.66. The predicted molar refractivity (Wildman–Crippen MR) is 85.9 cm³/mol. The van der Waals surface area contributed by atoms with Gasteiger partial charge in [0.25, 0.3) is 0 Å². The van der Waals surface area contributed by atoms with Crippen molar-refractivity contribution >= 4 is 27.5 Å². The summed E-state index contributed by atoms with van der Waals surface area (Å²) in [6, 6.07) is 8.26. The van der Waals surface area contributed by atoms with Crippen LogP contribution in [0.25, 0.3) is 0 Å². The Morgan fingerprint density at radius 1 is 0.722 bits per heavy atom. The van der Waals surface area contributed by atoms with Crippen LogP contribution in [0.5, 0.6) is 0 Å². The summed E-state index contributed by atoms with van der Waals surface area (Å²) >= 11 is 9.33. The molecule has 0 aliphatic rings. The zero-order valence-electron chi connectivity index (χ0n) is 11.1. The van der Waals surface area contributed by atoms with Gasteiger partial charge in [0.15, 0.2) is 0 Å². The quantitative estimate of drug-likeness (QED) is 0.344. The normalized spacial score (nSPS) is 10.8. The van der Waals surface area contributed by atoms with Gasteiger partial charge in [-0.1, -0.05) is 78.2 Å². The van der Waals surface area contributed by atoms with Gasteiger partial charge in [-0.25, -0.2) is 0 Å². The molecule has 0 radical (unpaired) electrons. The topological polar surface area (TPSA) is 0 Å². The smallest absolute Gasteiger partial charge is 0.0406 e. The van der Waals surface area contributed by atoms with E-state index in [2.05, 4.69) is 28.1 Å². The molecule has 0 unspecified atom stereocenters. The molecule has 1 aromatic carbocycles. The monoisotopic (exact) mass is 330 g/mol. The Hall–Kier alpha value is -0.0100. The van der Waals surface area contributed by atoms with Crippen molar-refractivity contribution in [3.8, 4) is 0 Å². The molecule has 0 nitrogen and oxygen atoms in total. The number of alkyl halides is 1. The zero-order chi connectivity index (χ0) is 13.1. The van der Waals surface area contributed by atoms with Crippen molar-refractivity contribution in [2.75, 3.05) is 5.33 Å². The Morgan fingerprint density at radius 3 is 1.78 bits per heavy atom. The maximum absolute atomic E-state index is 5.86. The van der Waals surface area contributed by atoms with Gasteiger partial charge in [-0.05, 0) is 37.0 Å². The highest BCUT2D eigenvalue weighted by Crippen LogP contribution is 2.14. The Kier molecular flexibility index (Phi) is 9.69. The molecule has 0 aliphatic heterocycles.